The second-order valence-electron chi connectivity index (χ2n) is 8.99. The molecule has 2 aromatic carbocycles. The molecule has 188 valence electrons. The lowest BCUT2D eigenvalue weighted by molar-refractivity contribution is -0.134. The van der Waals surface area contributed by atoms with Gasteiger partial charge in [0, 0.05) is 38.3 Å². The summed E-state index contributed by atoms with van der Waals surface area (Å²) in [6.45, 7) is 6.84. The van der Waals surface area contributed by atoms with Crippen LogP contribution in [0.2, 0.25) is 0 Å². The Hall–Kier alpha value is -3.26. The summed E-state index contributed by atoms with van der Waals surface area (Å²) in [4.78, 5) is 33.0. The zero-order valence-electron chi connectivity index (χ0n) is 21.1. The van der Waals surface area contributed by atoms with E-state index in [1.165, 1.54) is 0 Å². The summed E-state index contributed by atoms with van der Waals surface area (Å²) in [6, 6.07) is 10.8. The van der Waals surface area contributed by atoms with Crippen molar-refractivity contribution in [1.29, 1.82) is 0 Å². The highest BCUT2D eigenvalue weighted by Gasteiger charge is 2.36. The van der Waals surface area contributed by atoms with Crippen LogP contribution in [0.1, 0.15) is 47.3 Å². The van der Waals surface area contributed by atoms with Gasteiger partial charge in [0.25, 0.3) is 5.91 Å². The molecule has 2 amide bonds. The number of hydrogen-bond donors (Lipinski definition) is 0. The van der Waals surface area contributed by atoms with E-state index in [2.05, 4.69) is 11.8 Å². The van der Waals surface area contributed by atoms with Gasteiger partial charge in [-0.2, -0.15) is 0 Å². The van der Waals surface area contributed by atoms with Crippen LogP contribution in [-0.2, 0) is 11.3 Å². The van der Waals surface area contributed by atoms with E-state index < -0.39 is 6.04 Å². The normalized spacial score (nSPS) is 16.7. The number of piperazine rings is 1. The standard InChI is InChI=1S/C27H35N3O5/c1-5-10-28-11-13-29(14-12-28)25(31)17-22(30-18-19-8-6-7-9-21(19)27(30)32)20-15-23(33-2)26(35-4)24(16-20)34-3/h6-9,15-16,22H,5,10-14,17-18H2,1-4H3/t22-/m0/s1. The molecule has 1 saturated heterocycles. The molecule has 0 saturated carbocycles. The lowest BCUT2D eigenvalue weighted by Gasteiger charge is -2.36. The van der Waals surface area contributed by atoms with E-state index in [1.54, 1.807) is 26.2 Å². The van der Waals surface area contributed by atoms with Crippen LogP contribution in [0, 0.1) is 0 Å². The molecular formula is C27H35N3O5. The molecule has 2 aromatic rings. The third kappa shape index (κ3) is 5.07. The molecule has 0 N–H and O–H groups in total. The second-order valence-corrected chi connectivity index (χ2v) is 8.99. The Morgan fingerprint density at radius 1 is 0.971 bits per heavy atom. The van der Waals surface area contributed by atoms with Gasteiger partial charge in [-0.1, -0.05) is 25.1 Å². The predicted molar refractivity (Wildman–Crippen MR) is 133 cm³/mol. The largest absolute Gasteiger partial charge is 0.493 e. The second kappa shape index (κ2) is 11.0. The SMILES string of the molecule is CCCN1CCN(C(=O)C[C@@H](c2cc(OC)c(OC)c(OC)c2)N2Cc3ccccc3C2=O)CC1. The third-order valence-corrected chi connectivity index (χ3v) is 6.93. The summed E-state index contributed by atoms with van der Waals surface area (Å²) < 4.78 is 16.6. The van der Waals surface area contributed by atoms with Gasteiger partial charge in [-0.25, -0.2) is 0 Å². The fourth-order valence-electron chi connectivity index (χ4n) is 5.06. The molecule has 0 aromatic heterocycles. The number of rotatable bonds is 9. The van der Waals surface area contributed by atoms with Crippen molar-refractivity contribution in [3.8, 4) is 17.2 Å². The van der Waals surface area contributed by atoms with Crippen LogP contribution in [0.3, 0.4) is 0 Å². The first-order valence-electron chi connectivity index (χ1n) is 12.2. The van der Waals surface area contributed by atoms with Crippen molar-refractivity contribution >= 4 is 11.8 Å². The molecule has 0 bridgehead atoms. The molecule has 1 atom stereocenters. The van der Waals surface area contributed by atoms with Crippen LogP contribution in [0.25, 0.3) is 0 Å². The molecule has 0 unspecified atom stereocenters. The molecule has 4 rings (SSSR count). The molecule has 35 heavy (non-hydrogen) atoms. The van der Waals surface area contributed by atoms with Gasteiger partial charge in [0.2, 0.25) is 11.7 Å². The lowest BCUT2D eigenvalue weighted by Crippen LogP contribution is -2.49. The van der Waals surface area contributed by atoms with Gasteiger partial charge in [0.05, 0.1) is 33.8 Å². The lowest BCUT2D eigenvalue weighted by atomic mass is 9.99. The summed E-state index contributed by atoms with van der Waals surface area (Å²) in [7, 11) is 4.68. The number of amides is 2. The number of hydrogen-bond acceptors (Lipinski definition) is 6. The molecule has 0 radical (unpaired) electrons. The van der Waals surface area contributed by atoms with Gasteiger partial charge >= 0.3 is 0 Å². The van der Waals surface area contributed by atoms with Gasteiger partial charge in [0.15, 0.2) is 11.5 Å². The minimum absolute atomic E-state index is 0.0451. The van der Waals surface area contributed by atoms with Crippen LogP contribution in [0.15, 0.2) is 36.4 Å². The zero-order chi connectivity index (χ0) is 24.9. The van der Waals surface area contributed by atoms with Gasteiger partial charge in [-0.15, -0.1) is 0 Å². The molecule has 2 heterocycles. The number of methoxy groups -OCH3 is 3. The van der Waals surface area contributed by atoms with Crippen molar-refractivity contribution in [2.45, 2.75) is 32.4 Å². The minimum atomic E-state index is -0.468. The first-order chi connectivity index (χ1) is 17.0. The van der Waals surface area contributed by atoms with Gasteiger partial charge in [-0.05, 0) is 42.3 Å². The van der Waals surface area contributed by atoms with Crippen molar-refractivity contribution in [1.82, 2.24) is 14.7 Å². The Balaban J connectivity index is 1.65. The van der Waals surface area contributed by atoms with Crippen molar-refractivity contribution in [3.63, 3.8) is 0 Å². The maximum Gasteiger partial charge on any atom is 0.255 e. The average Bonchev–Trinajstić information content (AvgIpc) is 3.22. The number of benzene rings is 2. The topological polar surface area (TPSA) is 71.6 Å². The van der Waals surface area contributed by atoms with E-state index in [-0.39, 0.29) is 18.2 Å². The fraction of sp³-hybridized carbons (Fsp3) is 0.481. The fourth-order valence-corrected chi connectivity index (χ4v) is 5.06. The number of nitrogens with zero attached hydrogens (tertiary/aromatic N) is 3. The van der Waals surface area contributed by atoms with E-state index in [9.17, 15) is 9.59 Å². The first-order valence-corrected chi connectivity index (χ1v) is 12.2. The van der Waals surface area contributed by atoms with E-state index in [1.807, 2.05) is 41.3 Å². The van der Waals surface area contributed by atoms with E-state index >= 15 is 0 Å². The number of ether oxygens (including phenoxy) is 3. The Kier molecular flexibility index (Phi) is 7.80. The summed E-state index contributed by atoms with van der Waals surface area (Å²) >= 11 is 0. The molecule has 8 nitrogen and oxygen atoms in total. The molecular weight excluding hydrogens is 446 g/mol. The van der Waals surface area contributed by atoms with Gasteiger partial charge in [-0.3, -0.25) is 14.5 Å². The maximum atomic E-state index is 13.5. The van der Waals surface area contributed by atoms with Gasteiger partial charge < -0.3 is 24.0 Å². The summed E-state index contributed by atoms with van der Waals surface area (Å²) in [6.07, 6.45) is 1.29. The average molecular weight is 482 g/mol. The molecule has 0 aliphatic carbocycles. The smallest absolute Gasteiger partial charge is 0.255 e. The van der Waals surface area contributed by atoms with Crippen molar-refractivity contribution in [2.24, 2.45) is 0 Å². The van der Waals surface area contributed by atoms with Gasteiger partial charge in [0.1, 0.15) is 0 Å². The highest BCUT2D eigenvalue weighted by atomic mass is 16.5. The Morgan fingerprint density at radius 2 is 1.63 bits per heavy atom. The molecule has 2 aliphatic rings. The highest BCUT2D eigenvalue weighted by Crippen LogP contribution is 2.43. The Labute approximate surface area is 207 Å². The zero-order valence-corrected chi connectivity index (χ0v) is 21.1. The van der Waals surface area contributed by atoms with Crippen molar-refractivity contribution in [2.75, 3.05) is 54.1 Å². The first kappa shape index (κ1) is 24.9. The molecule has 8 heteroatoms. The van der Waals surface area contributed by atoms with E-state index in [4.69, 9.17) is 14.2 Å². The monoisotopic (exact) mass is 481 g/mol. The predicted octanol–water partition coefficient (Wildman–Crippen LogP) is 3.35. The van der Waals surface area contributed by atoms with Crippen LogP contribution >= 0.6 is 0 Å². The molecule has 1 fully saturated rings. The maximum absolute atomic E-state index is 13.5. The number of fused-ring (bicyclic) bond motifs is 1. The van der Waals surface area contributed by atoms with Crippen molar-refractivity contribution < 1.29 is 23.8 Å². The number of carbonyl (C=O) groups excluding carboxylic acids is 2. The third-order valence-electron chi connectivity index (χ3n) is 6.93. The summed E-state index contributed by atoms with van der Waals surface area (Å²) in [5.74, 6) is 1.45. The van der Waals surface area contributed by atoms with Crippen LogP contribution in [0.5, 0.6) is 17.2 Å². The van der Waals surface area contributed by atoms with E-state index in [0.717, 1.165) is 37.2 Å². The molecule has 2 aliphatic heterocycles. The minimum Gasteiger partial charge on any atom is -0.493 e. The molecule has 0 spiro atoms. The Morgan fingerprint density at radius 3 is 2.20 bits per heavy atom. The number of carbonyl (C=O) groups is 2. The highest BCUT2D eigenvalue weighted by molar-refractivity contribution is 5.99. The van der Waals surface area contributed by atoms with E-state index in [0.29, 0.717) is 42.4 Å². The van der Waals surface area contributed by atoms with Crippen LogP contribution < -0.4 is 14.2 Å². The summed E-state index contributed by atoms with van der Waals surface area (Å²) in [5, 5.41) is 0. The Bertz CT molecular complexity index is 1040. The van der Waals surface area contributed by atoms with Crippen LogP contribution in [-0.4, -0.2) is 80.6 Å². The summed E-state index contributed by atoms with van der Waals surface area (Å²) in [5.41, 5.74) is 2.43. The quantitative estimate of drug-likeness (QED) is 0.547. The van der Waals surface area contributed by atoms with Crippen molar-refractivity contribution in [3.05, 3.63) is 53.1 Å². The van der Waals surface area contributed by atoms with Crippen LogP contribution in [0.4, 0.5) is 0 Å².